The summed E-state index contributed by atoms with van der Waals surface area (Å²) in [6.07, 6.45) is 0.947. The lowest BCUT2D eigenvalue weighted by atomic mass is 10.3. The minimum atomic E-state index is -0.647. The molecule has 17 heavy (non-hydrogen) atoms. The quantitative estimate of drug-likeness (QED) is 0.838. The van der Waals surface area contributed by atoms with Gasteiger partial charge < -0.3 is 10.1 Å². The van der Waals surface area contributed by atoms with Gasteiger partial charge in [0.1, 0.15) is 10.8 Å². The Balaban J connectivity index is 2.67. The van der Waals surface area contributed by atoms with Crippen LogP contribution in [0.2, 0.25) is 10.0 Å². The summed E-state index contributed by atoms with van der Waals surface area (Å²) in [7, 11) is 0. The maximum atomic E-state index is 11.5. The van der Waals surface area contributed by atoms with Crippen molar-refractivity contribution in [1.82, 2.24) is 5.32 Å². The lowest BCUT2D eigenvalue weighted by Crippen LogP contribution is -2.36. The molecule has 0 aliphatic carbocycles. The number of benzene rings is 1. The maximum absolute atomic E-state index is 11.5. The molecule has 1 N–H and O–H groups in total. The van der Waals surface area contributed by atoms with E-state index >= 15 is 0 Å². The molecule has 0 aliphatic rings. The predicted octanol–water partition coefficient (Wildman–Crippen LogP) is 3.06. The van der Waals surface area contributed by atoms with Gasteiger partial charge in [-0.1, -0.05) is 35.3 Å². The van der Waals surface area contributed by atoms with Crippen molar-refractivity contribution in [3.8, 4) is 5.75 Å². The Morgan fingerprint density at radius 3 is 2.94 bits per heavy atom. The summed E-state index contributed by atoms with van der Waals surface area (Å²) in [5, 5.41) is 3.32. The summed E-state index contributed by atoms with van der Waals surface area (Å²) in [5.74, 6) is 0.154. The molecule has 1 aromatic carbocycles. The maximum Gasteiger partial charge on any atom is 0.261 e. The Labute approximate surface area is 110 Å². The normalized spacial score (nSPS) is 11.7. The van der Waals surface area contributed by atoms with Crippen LogP contribution >= 0.6 is 23.2 Å². The predicted molar refractivity (Wildman–Crippen MR) is 69.8 cm³/mol. The molecule has 1 unspecified atom stereocenters. The van der Waals surface area contributed by atoms with Crippen molar-refractivity contribution < 1.29 is 9.53 Å². The van der Waals surface area contributed by atoms with Crippen LogP contribution in [-0.4, -0.2) is 18.6 Å². The molecule has 0 spiro atoms. The highest BCUT2D eigenvalue weighted by Gasteiger charge is 2.15. The van der Waals surface area contributed by atoms with Crippen molar-refractivity contribution in [2.45, 2.75) is 13.0 Å². The molecule has 0 aromatic heterocycles. The van der Waals surface area contributed by atoms with E-state index in [0.29, 0.717) is 22.3 Å². The molecule has 0 aliphatic heterocycles. The average Bonchev–Trinajstić information content (AvgIpc) is 2.31. The van der Waals surface area contributed by atoms with Crippen LogP contribution in [0.25, 0.3) is 0 Å². The van der Waals surface area contributed by atoms with Crippen LogP contribution in [0.15, 0.2) is 30.9 Å². The average molecular weight is 274 g/mol. The first-order chi connectivity index (χ1) is 8.06. The van der Waals surface area contributed by atoms with E-state index in [1.165, 1.54) is 0 Å². The highest BCUT2D eigenvalue weighted by Crippen LogP contribution is 2.31. The van der Waals surface area contributed by atoms with Crippen LogP contribution in [0.3, 0.4) is 0 Å². The van der Waals surface area contributed by atoms with Gasteiger partial charge in [0.05, 0.1) is 5.02 Å². The molecular formula is C12H13Cl2NO2. The second-order valence-electron chi connectivity index (χ2n) is 3.35. The topological polar surface area (TPSA) is 38.3 Å². The number of halogens is 2. The number of amides is 1. The molecule has 1 rings (SSSR count). The summed E-state index contributed by atoms with van der Waals surface area (Å²) in [4.78, 5) is 11.5. The molecule has 3 nitrogen and oxygen atoms in total. The third kappa shape index (κ3) is 3.95. The molecular weight excluding hydrogens is 261 g/mol. The number of nitrogens with one attached hydrogen (secondary N) is 1. The first-order valence-electron chi connectivity index (χ1n) is 5.05. The van der Waals surface area contributed by atoms with Gasteiger partial charge in [0, 0.05) is 6.54 Å². The molecule has 0 saturated heterocycles. The molecule has 0 radical (unpaired) electrons. The van der Waals surface area contributed by atoms with Gasteiger partial charge in [0.2, 0.25) is 0 Å². The zero-order chi connectivity index (χ0) is 12.8. The van der Waals surface area contributed by atoms with E-state index in [-0.39, 0.29) is 5.91 Å². The largest absolute Gasteiger partial charge is 0.479 e. The molecule has 1 atom stereocenters. The van der Waals surface area contributed by atoms with Gasteiger partial charge in [0.25, 0.3) is 5.91 Å². The summed E-state index contributed by atoms with van der Waals surface area (Å²) in [6.45, 7) is 5.54. The monoisotopic (exact) mass is 273 g/mol. The Hall–Kier alpha value is -1.19. The summed E-state index contributed by atoms with van der Waals surface area (Å²) < 4.78 is 5.42. The third-order valence-electron chi connectivity index (χ3n) is 2.01. The number of rotatable bonds is 5. The summed E-state index contributed by atoms with van der Waals surface area (Å²) in [6, 6.07) is 5.02. The number of hydrogen-bond donors (Lipinski definition) is 1. The second-order valence-corrected chi connectivity index (χ2v) is 4.13. The molecule has 92 valence electrons. The van der Waals surface area contributed by atoms with E-state index in [2.05, 4.69) is 11.9 Å². The standard InChI is InChI=1S/C12H13Cl2NO2/c1-3-7-15-12(16)8(2)17-10-6-4-5-9(13)11(10)14/h3-6,8H,1,7H2,2H3,(H,15,16). The van der Waals surface area contributed by atoms with Gasteiger partial charge in [-0.25, -0.2) is 0 Å². The lowest BCUT2D eigenvalue weighted by Gasteiger charge is -2.15. The minimum absolute atomic E-state index is 0.235. The van der Waals surface area contributed by atoms with Crippen molar-refractivity contribution in [1.29, 1.82) is 0 Å². The Morgan fingerprint density at radius 2 is 2.29 bits per heavy atom. The molecule has 1 aromatic rings. The van der Waals surface area contributed by atoms with E-state index in [1.54, 1.807) is 31.2 Å². The van der Waals surface area contributed by atoms with Crippen molar-refractivity contribution in [2.75, 3.05) is 6.54 Å². The zero-order valence-corrected chi connectivity index (χ0v) is 10.9. The molecule has 5 heteroatoms. The number of carbonyl (C=O) groups excluding carboxylic acids is 1. The van der Waals surface area contributed by atoms with Crippen LogP contribution < -0.4 is 10.1 Å². The SMILES string of the molecule is C=CCNC(=O)C(C)Oc1cccc(Cl)c1Cl. The first-order valence-corrected chi connectivity index (χ1v) is 5.81. The number of carbonyl (C=O) groups is 1. The van der Waals surface area contributed by atoms with E-state index in [9.17, 15) is 4.79 Å². The van der Waals surface area contributed by atoms with E-state index in [1.807, 2.05) is 0 Å². The van der Waals surface area contributed by atoms with Crippen molar-refractivity contribution in [2.24, 2.45) is 0 Å². The van der Waals surface area contributed by atoms with Gasteiger partial charge in [-0.05, 0) is 19.1 Å². The Bertz CT molecular complexity index is 421. The van der Waals surface area contributed by atoms with E-state index in [4.69, 9.17) is 27.9 Å². The summed E-state index contributed by atoms with van der Waals surface area (Å²) >= 11 is 11.8. The fourth-order valence-electron chi connectivity index (χ4n) is 1.14. The van der Waals surface area contributed by atoms with Crippen molar-refractivity contribution in [3.63, 3.8) is 0 Å². The molecule has 0 bridgehead atoms. The zero-order valence-electron chi connectivity index (χ0n) is 9.37. The van der Waals surface area contributed by atoms with E-state index in [0.717, 1.165) is 0 Å². The van der Waals surface area contributed by atoms with E-state index < -0.39 is 6.10 Å². The minimum Gasteiger partial charge on any atom is -0.479 e. The fraction of sp³-hybridized carbons (Fsp3) is 0.250. The van der Waals surface area contributed by atoms with Gasteiger partial charge in [-0.15, -0.1) is 6.58 Å². The Morgan fingerprint density at radius 1 is 1.59 bits per heavy atom. The lowest BCUT2D eigenvalue weighted by molar-refractivity contribution is -0.127. The van der Waals surface area contributed by atoms with Crippen LogP contribution in [0.4, 0.5) is 0 Å². The Kier molecular flexibility index (Phi) is 5.32. The highest BCUT2D eigenvalue weighted by molar-refractivity contribution is 6.42. The number of ether oxygens (including phenoxy) is 1. The fourth-order valence-corrected chi connectivity index (χ4v) is 1.47. The van der Waals surface area contributed by atoms with Crippen LogP contribution in [-0.2, 0) is 4.79 Å². The number of hydrogen-bond acceptors (Lipinski definition) is 2. The molecule has 0 fully saturated rings. The highest BCUT2D eigenvalue weighted by atomic mass is 35.5. The van der Waals surface area contributed by atoms with Crippen molar-refractivity contribution in [3.05, 3.63) is 40.9 Å². The third-order valence-corrected chi connectivity index (χ3v) is 2.81. The summed E-state index contributed by atoms with van der Waals surface area (Å²) in [5.41, 5.74) is 0. The molecule has 0 heterocycles. The second kappa shape index (κ2) is 6.52. The van der Waals surface area contributed by atoms with Gasteiger partial charge >= 0.3 is 0 Å². The van der Waals surface area contributed by atoms with Gasteiger partial charge in [0.15, 0.2) is 6.10 Å². The van der Waals surface area contributed by atoms with Crippen molar-refractivity contribution >= 4 is 29.1 Å². The van der Waals surface area contributed by atoms with Crippen LogP contribution in [0.5, 0.6) is 5.75 Å². The molecule has 1 amide bonds. The van der Waals surface area contributed by atoms with Gasteiger partial charge in [-0.3, -0.25) is 4.79 Å². The van der Waals surface area contributed by atoms with Crippen LogP contribution in [0, 0.1) is 0 Å². The van der Waals surface area contributed by atoms with Crippen LogP contribution in [0.1, 0.15) is 6.92 Å². The smallest absolute Gasteiger partial charge is 0.261 e. The first kappa shape index (κ1) is 13.9. The molecule has 0 saturated carbocycles. The van der Waals surface area contributed by atoms with Gasteiger partial charge in [-0.2, -0.15) is 0 Å².